The summed E-state index contributed by atoms with van der Waals surface area (Å²) in [6.45, 7) is 4.01. The van der Waals surface area contributed by atoms with Crippen molar-refractivity contribution in [2.75, 3.05) is 0 Å². The highest BCUT2D eigenvalue weighted by molar-refractivity contribution is 5.85. The van der Waals surface area contributed by atoms with Crippen LogP contribution in [0.15, 0.2) is 30.5 Å². The van der Waals surface area contributed by atoms with Gasteiger partial charge in [-0.05, 0) is 22.9 Å². The number of alkyl halides is 3. The van der Waals surface area contributed by atoms with Gasteiger partial charge in [-0.3, -0.25) is 4.98 Å². The second kappa shape index (κ2) is 4.02. The van der Waals surface area contributed by atoms with Crippen LogP contribution in [0.1, 0.15) is 31.0 Å². The molecule has 1 nitrogen and oxygen atoms in total. The van der Waals surface area contributed by atoms with Crippen LogP contribution < -0.4 is 0 Å². The van der Waals surface area contributed by atoms with Crippen molar-refractivity contribution in [1.29, 1.82) is 0 Å². The van der Waals surface area contributed by atoms with Gasteiger partial charge in [0.15, 0.2) is 0 Å². The molecule has 4 heteroatoms. The molecule has 0 radical (unpaired) electrons. The lowest BCUT2D eigenvalue weighted by Crippen LogP contribution is -2.07. The summed E-state index contributed by atoms with van der Waals surface area (Å²) < 4.78 is 37.5. The zero-order chi connectivity index (χ0) is 12.6. The van der Waals surface area contributed by atoms with Gasteiger partial charge in [0.25, 0.3) is 0 Å². The molecule has 0 aliphatic rings. The van der Waals surface area contributed by atoms with Crippen LogP contribution in [-0.4, -0.2) is 4.98 Å². The molecule has 0 saturated heterocycles. The molecule has 0 fully saturated rings. The third-order valence-corrected chi connectivity index (χ3v) is 2.71. The third kappa shape index (κ3) is 2.25. The minimum absolute atomic E-state index is 0.261. The molecule has 17 heavy (non-hydrogen) atoms. The predicted molar refractivity (Wildman–Crippen MR) is 60.8 cm³/mol. The number of halogens is 3. The lowest BCUT2D eigenvalue weighted by atomic mass is 9.97. The molecule has 0 bridgehead atoms. The SMILES string of the molecule is CC(C)c1cccc2cc(C(F)(F)F)ncc12. The smallest absolute Gasteiger partial charge is 0.251 e. The number of rotatable bonds is 1. The molecule has 1 heterocycles. The highest BCUT2D eigenvalue weighted by Crippen LogP contribution is 2.31. The summed E-state index contributed by atoms with van der Waals surface area (Å²) >= 11 is 0. The van der Waals surface area contributed by atoms with Gasteiger partial charge in [-0.2, -0.15) is 13.2 Å². The van der Waals surface area contributed by atoms with E-state index in [1.54, 1.807) is 12.1 Å². The molecule has 1 aromatic heterocycles. The molecule has 0 aliphatic heterocycles. The quantitative estimate of drug-likeness (QED) is 0.719. The number of pyridine rings is 1. The molecule has 1 aromatic carbocycles. The number of aromatic nitrogens is 1. The first kappa shape index (κ1) is 11.9. The monoisotopic (exact) mass is 239 g/mol. The van der Waals surface area contributed by atoms with Crippen molar-refractivity contribution in [2.24, 2.45) is 0 Å². The predicted octanol–water partition coefficient (Wildman–Crippen LogP) is 4.38. The fourth-order valence-corrected chi connectivity index (χ4v) is 1.85. The molecule has 0 saturated carbocycles. The van der Waals surface area contributed by atoms with Crippen molar-refractivity contribution in [3.8, 4) is 0 Å². The van der Waals surface area contributed by atoms with Crippen molar-refractivity contribution < 1.29 is 13.2 Å². The number of hydrogen-bond acceptors (Lipinski definition) is 1. The summed E-state index contributed by atoms with van der Waals surface area (Å²) in [5, 5.41) is 1.37. The van der Waals surface area contributed by atoms with Gasteiger partial charge >= 0.3 is 6.18 Å². The van der Waals surface area contributed by atoms with Crippen molar-refractivity contribution in [2.45, 2.75) is 25.9 Å². The number of hydrogen-bond donors (Lipinski definition) is 0. The zero-order valence-corrected chi connectivity index (χ0v) is 9.55. The Balaban J connectivity index is 2.65. The van der Waals surface area contributed by atoms with Crippen molar-refractivity contribution in [3.63, 3.8) is 0 Å². The minimum Gasteiger partial charge on any atom is -0.251 e. The maximum Gasteiger partial charge on any atom is 0.433 e. The maximum absolute atomic E-state index is 12.5. The van der Waals surface area contributed by atoms with Crippen LogP contribution in [0.2, 0.25) is 0 Å². The van der Waals surface area contributed by atoms with E-state index < -0.39 is 11.9 Å². The van der Waals surface area contributed by atoms with Crippen LogP contribution in [0.4, 0.5) is 13.2 Å². The average Bonchev–Trinajstić information content (AvgIpc) is 2.26. The van der Waals surface area contributed by atoms with Gasteiger partial charge in [0.05, 0.1) is 0 Å². The summed E-state index contributed by atoms with van der Waals surface area (Å²) in [5.41, 5.74) is 0.176. The van der Waals surface area contributed by atoms with E-state index in [0.717, 1.165) is 17.0 Å². The molecule has 0 N–H and O–H groups in total. The highest BCUT2D eigenvalue weighted by Gasteiger charge is 2.32. The summed E-state index contributed by atoms with van der Waals surface area (Å²) in [4.78, 5) is 3.50. The van der Waals surface area contributed by atoms with Crippen LogP contribution in [0.5, 0.6) is 0 Å². The van der Waals surface area contributed by atoms with Crippen molar-refractivity contribution in [1.82, 2.24) is 4.98 Å². The third-order valence-electron chi connectivity index (χ3n) is 2.71. The highest BCUT2D eigenvalue weighted by atomic mass is 19.4. The Morgan fingerprint density at radius 1 is 1.18 bits per heavy atom. The number of benzene rings is 1. The number of fused-ring (bicyclic) bond motifs is 1. The van der Waals surface area contributed by atoms with E-state index in [1.807, 2.05) is 19.9 Å². The molecule has 2 aromatic rings. The Bertz CT molecular complexity index is 544. The summed E-state index contributed by atoms with van der Waals surface area (Å²) in [6, 6.07) is 6.47. The zero-order valence-electron chi connectivity index (χ0n) is 9.55. The minimum atomic E-state index is -4.39. The molecule has 0 atom stereocenters. The standard InChI is InChI=1S/C13H12F3N/c1-8(2)10-5-3-4-9-6-12(13(14,15)16)17-7-11(9)10/h3-8H,1-2H3. The van der Waals surface area contributed by atoms with E-state index in [9.17, 15) is 13.2 Å². The summed E-state index contributed by atoms with van der Waals surface area (Å²) in [6.07, 6.45) is -3.07. The Hall–Kier alpha value is -1.58. The Labute approximate surface area is 97.3 Å². The van der Waals surface area contributed by atoms with Crippen LogP contribution in [0.3, 0.4) is 0 Å². The molecule has 0 aliphatic carbocycles. The first-order chi connectivity index (χ1) is 7.89. The van der Waals surface area contributed by atoms with Gasteiger partial charge in [0, 0.05) is 11.6 Å². The van der Waals surface area contributed by atoms with Crippen molar-refractivity contribution in [3.05, 3.63) is 41.7 Å². The van der Waals surface area contributed by atoms with Crippen LogP contribution >= 0.6 is 0 Å². The maximum atomic E-state index is 12.5. The molecule has 0 unspecified atom stereocenters. The Morgan fingerprint density at radius 3 is 2.47 bits per heavy atom. The largest absolute Gasteiger partial charge is 0.433 e. The lowest BCUT2D eigenvalue weighted by molar-refractivity contribution is -0.141. The topological polar surface area (TPSA) is 12.9 Å². The fourth-order valence-electron chi connectivity index (χ4n) is 1.85. The normalized spacial score (nSPS) is 12.4. The summed E-state index contributed by atoms with van der Waals surface area (Å²) in [5.74, 6) is 0.261. The van der Waals surface area contributed by atoms with Gasteiger partial charge in [0.1, 0.15) is 5.69 Å². The van der Waals surface area contributed by atoms with Gasteiger partial charge in [-0.1, -0.05) is 32.0 Å². The fraction of sp³-hybridized carbons (Fsp3) is 0.308. The summed E-state index contributed by atoms with van der Waals surface area (Å²) in [7, 11) is 0. The molecule has 0 spiro atoms. The van der Waals surface area contributed by atoms with E-state index in [2.05, 4.69) is 4.98 Å². The van der Waals surface area contributed by atoms with E-state index in [-0.39, 0.29) is 5.92 Å². The second-order valence-electron chi connectivity index (χ2n) is 4.29. The first-order valence-electron chi connectivity index (χ1n) is 5.35. The van der Waals surface area contributed by atoms with E-state index in [0.29, 0.717) is 5.39 Å². The van der Waals surface area contributed by atoms with E-state index >= 15 is 0 Å². The second-order valence-corrected chi connectivity index (χ2v) is 4.29. The van der Waals surface area contributed by atoms with E-state index in [4.69, 9.17) is 0 Å². The molecule has 2 rings (SSSR count). The molecular formula is C13H12F3N. The van der Waals surface area contributed by atoms with Gasteiger partial charge in [-0.15, -0.1) is 0 Å². The van der Waals surface area contributed by atoms with E-state index in [1.165, 1.54) is 6.20 Å². The lowest BCUT2D eigenvalue weighted by Gasteiger charge is -2.11. The molecule has 90 valence electrons. The van der Waals surface area contributed by atoms with Gasteiger partial charge < -0.3 is 0 Å². The Morgan fingerprint density at radius 2 is 1.88 bits per heavy atom. The van der Waals surface area contributed by atoms with Crippen molar-refractivity contribution >= 4 is 10.8 Å². The molecule has 0 amide bonds. The van der Waals surface area contributed by atoms with Gasteiger partial charge in [0.2, 0.25) is 0 Å². The average molecular weight is 239 g/mol. The first-order valence-corrected chi connectivity index (χ1v) is 5.35. The van der Waals surface area contributed by atoms with Crippen LogP contribution in [-0.2, 0) is 6.18 Å². The van der Waals surface area contributed by atoms with Crippen LogP contribution in [0.25, 0.3) is 10.8 Å². The van der Waals surface area contributed by atoms with Crippen LogP contribution in [0, 0.1) is 0 Å². The number of nitrogens with zero attached hydrogens (tertiary/aromatic N) is 1. The Kier molecular flexibility index (Phi) is 2.81. The molecular weight excluding hydrogens is 227 g/mol. The van der Waals surface area contributed by atoms with Gasteiger partial charge in [-0.25, -0.2) is 0 Å².